The number of aromatic amines is 1. The number of halogens is 3. The molecule has 1 amide bonds. The van der Waals surface area contributed by atoms with Crippen LogP contribution in [0, 0.1) is 11.6 Å². The average molecular weight is 436 g/mol. The number of Topliss-reactive ketones (excluding diaryl/α,β-unsaturated/α-hetero) is 1. The van der Waals surface area contributed by atoms with Crippen molar-refractivity contribution in [3.05, 3.63) is 71.9 Å². The van der Waals surface area contributed by atoms with Crippen molar-refractivity contribution in [2.45, 2.75) is 6.92 Å². The van der Waals surface area contributed by atoms with Gasteiger partial charge in [-0.15, -0.1) is 0 Å². The predicted molar refractivity (Wildman–Crippen MR) is 103 cm³/mol. The van der Waals surface area contributed by atoms with Gasteiger partial charge in [0.05, 0.1) is 17.2 Å². The maximum atomic E-state index is 12.7. The number of aromatic nitrogens is 2. The van der Waals surface area contributed by atoms with E-state index in [1.54, 1.807) is 18.3 Å². The maximum Gasteiger partial charge on any atom is 0.223 e. The van der Waals surface area contributed by atoms with Crippen molar-refractivity contribution in [1.82, 2.24) is 9.97 Å². The first-order valence-electron chi connectivity index (χ1n) is 7.82. The summed E-state index contributed by atoms with van der Waals surface area (Å²) in [6.45, 7) is 1.40. The van der Waals surface area contributed by atoms with Crippen molar-refractivity contribution in [1.29, 1.82) is 0 Å². The normalized spacial score (nSPS) is 9.93. The molecule has 0 unspecified atom stereocenters. The molecule has 2 N–H and O–H groups in total. The van der Waals surface area contributed by atoms with E-state index in [1.165, 1.54) is 43.3 Å². The van der Waals surface area contributed by atoms with Gasteiger partial charge in [0.25, 0.3) is 0 Å². The number of imidazole rings is 1. The Morgan fingerprint density at radius 3 is 2.11 bits per heavy atom. The van der Waals surface area contributed by atoms with Crippen LogP contribution in [0.25, 0.3) is 11.3 Å². The topological polar surface area (TPSA) is 74.8 Å². The van der Waals surface area contributed by atoms with Crippen molar-refractivity contribution in [3.63, 3.8) is 0 Å². The first-order chi connectivity index (χ1) is 12.9. The number of carbonyl (C=O) groups excluding carboxylic acids is 2. The van der Waals surface area contributed by atoms with Crippen LogP contribution in [-0.4, -0.2) is 27.0 Å². The van der Waals surface area contributed by atoms with E-state index in [0.717, 1.165) is 11.3 Å². The molecule has 1 heterocycles. The largest absolute Gasteiger partial charge is 0.324 e. The minimum absolute atomic E-state index is 0.0370. The highest BCUT2D eigenvalue weighted by Gasteiger charge is 2.04. The Kier molecular flexibility index (Phi) is 7.36. The van der Waals surface area contributed by atoms with Crippen molar-refractivity contribution in [2.24, 2.45) is 0 Å². The predicted octanol–water partition coefficient (Wildman–Crippen LogP) is 4.58. The van der Waals surface area contributed by atoms with E-state index >= 15 is 0 Å². The Labute approximate surface area is 163 Å². The van der Waals surface area contributed by atoms with Crippen LogP contribution < -0.4 is 5.32 Å². The molecule has 0 saturated carbocycles. The van der Waals surface area contributed by atoms with Gasteiger partial charge in [0.1, 0.15) is 11.6 Å². The zero-order valence-corrected chi connectivity index (χ0v) is 15.9. The second kappa shape index (κ2) is 9.72. The number of nitrogens with zero attached hydrogens (tertiary/aromatic N) is 1. The molecule has 0 saturated heterocycles. The molecule has 0 bridgehead atoms. The van der Waals surface area contributed by atoms with E-state index in [9.17, 15) is 18.4 Å². The Morgan fingerprint density at radius 1 is 1.04 bits per heavy atom. The second-order valence-corrected chi connectivity index (χ2v) is 5.96. The molecule has 0 aliphatic heterocycles. The number of benzene rings is 2. The quantitative estimate of drug-likeness (QED) is 0.465. The Bertz CT molecular complexity index is 909. The Morgan fingerprint density at radius 2 is 1.59 bits per heavy atom. The molecule has 0 aliphatic carbocycles. The van der Waals surface area contributed by atoms with Crippen molar-refractivity contribution < 1.29 is 18.4 Å². The zero-order chi connectivity index (χ0) is 19.8. The third kappa shape index (κ3) is 6.41. The molecule has 0 spiro atoms. The second-order valence-electron chi connectivity index (χ2n) is 5.40. The molecule has 27 heavy (non-hydrogen) atoms. The van der Waals surface area contributed by atoms with E-state index < -0.39 is 0 Å². The standard InChI is InChI=1S/C11H10FN3O.C8H6BrFO/c1-7(16)14-11-13-6-10(15-11)8-2-4-9(12)5-3-8;9-5-8(11)6-1-3-7(10)4-2-6/h2-6H,1H3,(H2,13,14,15,16);1-4H,5H2. The molecule has 0 aliphatic rings. The summed E-state index contributed by atoms with van der Waals surface area (Å²) in [6.07, 6.45) is 1.58. The fourth-order valence-corrected chi connectivity index (χ4v) is 2.36. The lowest BCUT2D eigenvalue weighted by Gasteiger charge is -1.97. The number of rotatable bonds is 4. The minimum Gasteiger partial charge on any atom is -0.324 e. The smallest absolute Gasteiger partial charge is 0.223 e. The molecule has 8 heteroatoms. The van der Waals surface area contributed by atoms with E-state index in [-0.39, 0.29) is 28.7 Å². The molecule has 0 fully saturated rings. The summed E-state index contributed by atoms with van der Waals surface area (Å²) in [5.74, 6) is -0.460. The highest BCUT2D eigenvalue weighted by Crippen LogP contribution is 2.18. The molecule has 2 aromatic carbocycles. The molecule has 5 nitrogen and oxygen atoms in total. The SMILES string of the molecule is CC(=O)Nc1ncc(-c2ccc(F)cc2)[nH]1.O=C(CBr)c1ccc(F)cc1. The first kappa shape index (κ1) is 20.4. The van der Waals surface area contributed by atoms with Gasteiger partial charge in [-0.2, -0.15) is 0 Å². The number of amides is 1. The van der Waals surface area contributed by atoms with E-state index in [4.69, 9.17) is 0 Å². The minimum atomic E-state index is -0.323. The summed E-state index contributed by atoms with van der Waals surface area (Å²) in [5, 5.41) is 2.80. The van der Waals surface area contributed by atoms with E-state index in [0.29, 0.717) is 11.5 Å². The highest BCUT2D eigenvalue weighted by molar-refractivity contribution is 9.09. The lowest BCUT2D eigenvalue weighted by molar-refractivity contribution is -0.114. The van der Waals surface area contributed by atoms with Crippen LogP contribution in [0.3, 0.4) is 0 Å². The number of nitrogens with one attached hydrogen (secondary N) is 2. The van der Waals surface area contributed by atoms with Crippen LogP contribution in [-0.2, 0) is 4.79 Å². The Balaban J connectivity index is 0.000000208. The van der Waals surface area contributed by atoms with Crippen molar-refractivity contribution in [3.8, 4) is 11.3 Å². The number of carbonyl (C=O) groups is 2. The number of hydrogen-bond donors (Lipinski definition) is 2. The summed E-state index contributed by atoms with van der Waals surface area (Å²) in [5.41, 5.74) is 2.07. The average Bonchev–Trinajstić information content (AvgIpc) is 3.10. The molecular weight excluding hydrogens is 420 g/mol. The summed E-state index contributed by atoms with van der Waals surface area (Å²) in [7, 11) is 0. The fourth-order valence-electron chi connectivity index (χ4n) is 2.04. The van der Waals surface area contributed by atoms with E-state index in [2.05, 4.69) is 31.2 Å². The third-order valence-electron chi connectivity index (χ3n) is 3.31. The van der Waals surface area contributed by atoms with Gasteiger partial charge in [-0.05, 0) is 54.1 Å². The Hall–Kier alpha value is -2.87. The fraction of sp³-hybridized carbons (Fsp3) is 0.105. The van der Waals surface area contributed by atoms with Gasteiger partial charge in [-0.1, -0.05) is 15.9 Å². The monoisotopic (exact) mass is 435 g/mol. The number of ketones is 1. The number of anilines is 1. The van der Waals surface area contributed by atoms with Gasteiger partial charge in [-0.25, -0.2) is 13.8 Å². The summed E-state index contributed by atoms with van der Waals surface area (Å²) < 4.78 is 25.0. The molecule has 0 atom stereocenters. The van der Waals surface area contributed by atoms with Crippen LogP contribution in [0.1, 0.15) is 17.3 Å². The van der Waals surface area contributed by atoms with Crippen LogP contribution >= 0.6 is 15.9 Å². The van der Waals surface area contributed by atoms with Gasteiger partial charge in [-0.3, -0.25) is 14.9 Å². The summed E-state index contributed by atoms with van der Waals surface area (Å²) in [6, 6.07) is 11.5. The highest BCUT2D eigenvalue weighted by atomic mass is 79.9. The molecular formula is C19H16BrF2N3O2. The molecule has 3 aromatic rings. The van der Waals surface area contributed by atoms with Gasteiger partial charge >= 0.3 is 0 Å². The van der Waals surface area contributed by atoms with Crippen LogP contribution in [0.4, 0.5) is 14.7 Å². The van der Waals surface area contributed by atoms with Crippen LogP contribution in [0.5, 0.6) is 0 Å². The zero-order valence-electron chi connectivity index (χ0n) is 14.3. The number of H-pyrrole nitrogens is 1. The maximum absolute atomic E-state index is 12.7. The molecule has 0 radical (unpaired) electrons. The van der Waals surface area contributed by atoms with Crippen LogP contribution in [0.2, 0.25) is 0 Å². The van der Waals surface area contributed by atoms with Crippen molar-refractivity contribution in [2.75, 3.05) is 10.6 Å². The van der Waals surface area contributed by atoms with Crippen LogP contribution in [0.15, 0.2) is 54.7 Å². The molecule has 1 aromatic heterocycles. The first-order valence-corrected chi connectivity index (χ1v) is 8.94. The van der Waals surface area contributed by atoms with Gasteiger partial charge in [0.2, 0.25) is 11.9 Å². The third-order valence-corrected chi connectivity index (χ3v) is 3.82. The number of hydrogen-bond acceptors (Lipinski definition) is 3. The lowest BCUT2D eigenvalue weighted by Crippen LogP contribution is -2.06. The summed E-state index contributed by atoms with van der Waals surface area (Å²) in [4.78, 5) is 28.6. The van der Waals surface area contributed by atoms with Crippen molar-refractivity contribution >= 4 is 33.6 Å². The van der Waals surface area contributed by atoms with Gasteiger partial charge in [0, 0.05) is 12.5 Å². The lowest BCUT2D eigenvalue weighted by atomic mass is 10.1. The van der Waals surface area contributed by atoms with Gasteiger partial charge in [0.15, 0.2) is 5.78 Å². The summed E-state index contributed by atoms with van der Waals surface area (Å²) >= 11 is 3.03. The molecule has 3 rings (SSSR count). The molecule has 140 valence electrons. The number of alkyl halides is 1. The van der Waals surface area contributed by atoms with E-state index in [1.807, 2.05) is 0 Å². The van der Waals surface area contributed by atoms with Gasteiger partial charge < -0.3 is 4.98 Å².